The van der Waals surface area contributed by atoms with Gasteiger partial charge >= 0.3 is 0 Å². The van der Waals surface area contributed by atoms with Crippen molar-refractivity contribution < 1.29 is 4.79 Å². The molecule has 0 aliphatic heterocycles. The molecule has 3 aromatic rings. The van der Waals surface area contributed by atoms with E-state index in [1.807, 2.05) is 25.1 Å². The summed E-state index contributed by atoms with van der Waals surface area (Å²) in [6.07, 6.45) is 8.51. The Morgan fingerprint density at radius 3 is 2.77 bits per heavy atom. The first-order valence-electron chi connectivity index (χ1n) is 9.39. The predicted octanol–water partition coefficient (Wildman–Crippen LogP) is 3.03. The van der Waals surface area contributed by atoms with Gasteiger partial charge in [0.2, 0.25) is 5.91 Å². The largest absolute Gasteiger partial charge is 0.352 e. The van der Waals surface area contributed by atoms with Crippen LogP contribution in [0.4, 0.5) is 0 Å². The molecule has 1 fully saturated rings. The number of benzene rings is 1. The molecule has 1 aromatic carbocycles. The van der Waals surface area contributed by atoms with Crippen molar-refractivity contribution in [2.24, 2.45) is 0 Å². The van der Waals surface area contributed by atoms with E-state index in [1.165, 1.54) is 17.5 Å². The van der Waals surface area contributed by atoms with E-state index < -0.39 is 0 Å². The molecule has 4 rings (SSSR count). The maximum absolute atomic E-state index is 12.8. The Morgan fingerprint density at radius 2 is 2.00 bits per heavy atom. The Bertz CT molecular complexity index is 1010. The van der Waals surface area contributed by atoms with Crippen LogP contribution in [0.15, 0.2) is 29.2 Å². The lowest BCUT2D eigenvalue weighted by Gasteiger charge is -2.16. The summed E-state index contributed by atoms with van der Waals surface area (Å²) in [6.45, 7) is 1.98. The number of nitrogens with zero attached hydrogens (tertiary/aromatic N) is 2. The lowest BCUT2D eigenvalue weighted by molar-refractivity contribution is -0.122. The van der Waals surface area contributed by atoms with Crippen LogP contribution in [0, 0.1) is 6.92 Å². The normalized spacial score (nSPS) is 16.0. The Labute approximate surface area is 151 Å². The second-order valence-electron chi connectivity index (χ2n) is 7.33. The van der Waals surface area contributed by atoms with E-state index in [1.54, 1.807) is 6.20 Å². The van der Waals surface area contributed by atoms with E-state index in [2.05, 4.69) is 15.4 Å². The molecule has 6 nitrogen and oxygen atoms in total. The molecule has 1 saturated carbocycles. The zero-order chi connectivity index (χ0) is 18.1. The van der Waals surface area contributed by atoms with Crippen molar-refractivity contribution in [3.8, 4) is 0 Å². The number of carbonyl (C=O) groups is 1. The van der Waals surface area contributed by atoms with Gasteiger partial charge in [-0.1, -0.05) is 37.3 Å². The third kappa shape index (κ3) is 3.23. The first kappa shape index (κ1) is 16.8. The van der Waals surface area contributed by atoms with Gasteiger partial charge < -0.3 is 10.3 Å². The maximum Gasteiger partial charge on any atom is 0.291 e. The molecule has 1 amide bonds. The van der Waals surface area contributed by atoms with Crippen molar-refractivity contribution in [3.05, 3.63) is 40.3 Å². The topological polar surface area (TPSA) is 79.8 Å². The Balaban J connectivity index is 1.58. The number of hydrogen-bond donors (Lipinski definition) is 2. The number of carbonyl (C=O) groups excluding carboxylic acids is 1. The molecule has 0 spiro atoms. The second-order valence-corrected chi connectivity index (χ2v) is 7.33. The number of amides is 1. The molecule has 2 aromatic heterocycles. The highest BCUT2D eigenvalue weighted by atomic mass is 16.2. The van der Waals surface area contributed by atoms with Gasteiger partial charge in [0.15, 0.2) is 0 Å². The summed E-state index contributed by atoms with van der Waals surface area (Å²) in [7, 11) is 0. The standard InChI is InChI=1S/C20H24N4O2/c1-13-8-9-17-15(10-13)16-11-21-24(20(26)19(16)23-17)12-18(25)22-14-6-4-2-3-5-7-14/h8-11,14,23H,2-7,12H2,1H3,(H,22,25). The van der Waals surface area contributed by atoms with Gasteiger partial charge in [-0.2, -0.15) is 5.10 Å². The first-order chi connectivity index (χ1) is 12.6. The average molecular weight is 352 g/mol. The summed E-state index contributed by atoms with van der Waals surface area (Å²) in [5.41, 5.74) is 2.28. The van der Waals surface area contributed by atoms with E-state index in [4.69, 9.17) is 0 Å². The van der Waals surface area contributed by atoms with Gasteiger partial charge in [-0.25, -0.2) is 4.68 Å². The Kier molecular flexibility index (Phi) is 4.49. The minimum absolute atomic E-state index is 0.0420. The van der Waals surface area contributed by atoms with Crippen molar-refractivity contribution >= 4 is 27.7 Å². The number of nitrogens with one attached hydrogen (secondary N) is 2. The van der Waals surface area contributed by atoms with Crippen LogP contribution < -0.4 is 10.9 Å². The molecule has 1 aliphatic rings. The molecule has 136 valence electrons. The lowest BCUT2D eigenvalue weighted by Crippen LogP contribution is -2.39. The number of rotatable bonds is 3. The Morgan fingerprint density at radius 1 is 1.23 bits per heavy atom. The van der Waals surface area contributed by atoms with Crippen LogP contribution >= 0.6 is 0 Å². The highest BCUT2D eigenvalue weighted by molar-refractivity contribution is 6.06. The molecule has 6 heteroatoms. The average Bonchev–Trinajstić information content (AvgIpc) is 2.79. The highest BCUT2D eigenvalue weighted by Gasteiger charge is 2.17. The van der Waals surface area contributed by atoms with E-state index >= 15 is 0 Å². The van der Waals surface area contributed by atoms with Gasteiger partial charge in [0.1, 0.15) is 12.1 Å². The van der Waals surface area contributed by atoms with E-state index in [-0.39, 0.29) is 24.1 Å². The van der Waals surface area contributed by atoms with E-state index in [9.17, 15) is 9.59 Å². The van der Waals surface area contributed by atoms with Gasteiger partial charge in [-0.3, -0.25) is 9.59 Å². The summed E-state index contributed by atoms with van der Waals surface area (Å²) in [6, 6.07) is 6.23. The van der Waals surface area contributed by atoms with Crippen LogP contribution in [-0.2, 0) is 11.3 Å². The van der Waals surface area contributed by atoms with Gasteiger partial charge in [0.05, 0.1) is 6.20 Å². The smallest absolute Gasteiger partial charge is 0.291 e. The molecule has 0 atom stereocenters. The second kappa shape index (κ2) is 6.94. The molecule has 0 saturated heterocycles. The van der Waals surface area contributed by atoms with Crippen LogP contribution in [0.2, 0.25) is 0 Å². The molecule has 2 heterocycles. The van der Waals surface area contributed by atoms with Crippen LogP contribution in [0.25, 0.3) is 21.8 Å². The van der Waals surface area contributed by atoms with Gasteiger partial charge in [-0.05, 0) is 31.9 Å². The lowest BCUT2D eigenvalue weighted by atomic mass is 10.1. The highest BCUT2D eigenvalue weighted by Crippen LogP contribution is 2.23. The molecule has 2 N–H and O–H groups in total. The van der Waals surface area contributed by atoms with Crippen molar-refractivity contribution in [3.63, 3.8) is 0 Å². The SMILES string of the molecule is Cc1ccc2[nH]c3c(=O)n(CC(=O)NC4CCCCCC4)ncc3c2c1. The number of aryl methyl sites for hydroxylation is 1. The van der Waals surface area contributed by atoms with Crippen molar-refractivity contribution in [2.45, 2.75) is 58.0 Å². The third-order valence-electron chi connectivity index (χ3n) is 5.28. The van der Waals surface area contributed by atoms with Crippen LogP contribution in [0.1, 0.15) is 44.1 Å². The molecular formula is C20H24N4O2. The number of aromatic amines is 1. The van der Waals surface area contributed by atoms with E-state index in [0.29, 0.717) is 5.52 Å². The van der Waals surface area contributed by atoms with Crippen molar-refractivity contribution in [1.29, 1.82) is 0 Å². The van der Waals surface area contributed by atoms with Gasteiger partial charge in [-0.15, -0.1) is 0 Å². The Hall–Kier alpha value is -2.63. The molecule has 0 radical (unpaired) electrons. The molecule has 0 unspecified atom stereocenters. The quantitative estimate of drug-likeness (QED) is 0.711. The fraction of sp³-hybridized carbons (Fsp3) is 0.450. The van der Waals surface area contributed by atoms with E-state index in [0.717, 1.165) is 47.5 Å². The minimum atomic E-state index is -0.257. The number of aromatic nitrogens is 3. The minimum Gasteiger partial charge on any atom is -0.352 e. The summed E-state index contributed by atoms with van der Waals surface area (Å²) < 4.78 is 1.25. The third-order valence-corrected chi connectivity index (χ3v) is 5.28. The summed E-state index contributed by atoms with van der Waals surface area (Å²) in [4.78, 5) is 28.3. The number of hydrogen-bond acceptors (Lipinski definition) is 3. The fourth-order valence-corrected chi connectivity index (χ4v) is 3.88. The zero-order valence-corrected chi connectivity index (χ0v) is 15.0. The zero-order valence-electron chi connectivity index (χ0n) is 15.0. The van der Waals surface area contributed by atoms with Gasteiger partial charge in [0, 0.05) is 22.3 Å². The molecule has 1 aliphatic carbocycles. The first-order valence-corrected chi connectivity index (χ1v) is 9.39. The summed E-state index contributed by atoms with van der Waals surface area (Å²) in [5.74, 6) is -0.141. The van der Waals surface area contributed by atoms with Crippen molar-refractivity contribution in [2.75, 3.05) is 0 Å². The van der Waals surface area contributed by atoms with Crippen molar-refractivity contribution in [1.82, 2.24) is 20.1 Å². The monoisotopic (exact) mass is 352 g/mol. The fourth-order valence-electron chi connectivity index (χ4n) is 3.88. The number of fused-ring (bicyclic) bond motifs is 3. The van der Waals surface area contributed by atoms with Gasteiger partial charge in [0.25, 0.3) is 5.56 Å². The predicted molar refractivity (Wildman–Crippen MR) is 102 cm³/mol. The van der Waals surface area contributed by atoms with Crippen LogP contribution in [0.5, 0.6) is 0 Å². The van der Waals surface area contributed by atoms with Crippen LogP contribution in [0.3, 0.4) is 0 Å². The maximum atomic E-state index is 12.8. The molecular weight excluding hydrogens is 328 g/mol. The molecule has 26 heavy (non-hydrogen) atoms. The summed E-state index contributed by atoms with van der Waals surface area (Å²) in [5, 5.41) is 9.09. The summed E-state index contributed by atoms with van der Waals surface area (Å²) >= 11 is 0. The number of H-pyrrole nitrogens is 1. The van der Waals surface area contributed by atoms with Crippen LogP contribution in [-0.4, -0.2) is 26.7 Å². The molecule has 0 bridgehead atoms.